The van der Waals surface area contributed by atoms with Crippen LogP contribution in [0.1, 0.15) is 0 Å². The first-order valence-electron chi connectivity index (χ1n) is 0.730. The minimum Gasteiger partial charge on any atom is 1.00 e. The van der Waals surface area contributed by atoms with E-state index in [4.69, 9.17) is 16.0 Å². The van der Waals surface area contributed by atoms with Gasteiger partial charge in [0.2, 0.25) is 0 Å². The van der Waals surface area contributed by atoms with Crippen molar-refractivity contribution in [2.24, 2.45) is 0 Å². The zero-order valence-electron chi connectivity index (χ0n) is 4.08. The second kappa shape index (κ2) is 6.36. The van der Waals surface area contributed by atoms with Crippen LogP contribution in [-0.4, -0.2) is 14.5 Å². The number of hydrogen-bond donors (Lipinski definition) is 0. The second-order valence-corrected chi connectivity index (χ2v) is 2.32. The Hall–Kier alpha value is 2.24. The summed E-state index contributed by atoms with van der Waals surface area (Å²) in [6.07, 6.45) is 0. The van der Waals surface area contributed by atoms with Gasteiger partial charge in [0.05, 0.1) is 0 Å². The molecule has 7 heteroatoms. The molecule has 0 N–H and O–H groups in total. The monoisotopic (exact) mass is 185 g/mol. The van der Waals surface area contributed by atoms with Crippen molar-refractivity contribution in [3.63, 3.8) is 0 Å². The molecule has 0 rings (SSSR count). The molecule has 0 radical (unpaired) electrons. The molecular weight excluding hydrogens is 185 g/mol. The Morgan fingerprint density at radius 2 is 1.00 bits per heavy atom. The van der Waals surface area contributed by atoms with Crippen molar-refractivity contribution in [1.29, 1.82) is 0 Å². The molecule has 0 fully saturated rings. The molecule has 0 spiro atoms. The van der Waals surface area contributed by atoms with Crippen LogP contribution in [0.15, 0.2) is 0 Å². The van der Waals surface area contributed by atoms with Crippen LogP contribution in [0.25, 0.3) is 0 Å². The van der Waals surface area contributed by atoms with Crippen LogP contribution in [0.4, 0.5) is 0 Å². The molecule has 4 nitrogen and oxygen atoms in total. The van der Waals surface area contributed by atoms with E-state index in [0.29, 0.717) is 0 Å². The Bertz CT molecular complexity index is 55.8. The average molecular weight is 185 g/mol. The molecule has 0 amide bonds. The molecular formula is AsNa2O4-. The van der Waals surface area contributed by atoms with Crippen molar-refractivity contribution in [1.82, 2.24) is 0 Å². The van der Waals surface area contributed by atoms with Crippen LogP contribution < -0.4 is 71.4 Å². The van der Waals surface area contributed by atoms with E-state index in [-0.39, 0.29) is 59.1 Å². The van der Waals surface area contributed by atoms with Crippen LogP contribution in [0.2, 0.25) is 0 Å². The predicted molar refractivity (Wildman–Crippen MR) is 6.44 cm³/mol. The Morgan fingerprint density at radius 1 is 1.00 bits per heavy atom. The molecule has 0 saturated carbocycles. The second-order valence-electron chi connectivity index (χ2n) is 0.447. The third-order valence-electron chi connectivity index (χ3n) is 0. The van der Waals surface area contributed by atoms with Crippen molar-refractivity contribution >= 4 is 14.5 Å². The van der Waals surface area contributed by atoms with Gasteiger partial charge in [-0.2, -0.15) is 0 Å². The first-order chi connectivity index (χ1) is 2.00. The maximum Gasteiger partial charge on any atom is 1.00 e. The topological polar surface area (TPSA) is 86.2 Å². The summed E-state index contributed by atoms with van der Waals surface area (Å²) < 4.78 is 34.4. The molecule has 0 aliphatic heterocycles. The third-order valence-corrected chi connectivity index (χ3v) is 0. The Balaban J connectivity index is -0.0000000800. The fraction of sp³-hybridized carbons (Fsp3) is 0. The summed E-state index contributed by atoms with van der Waals surface area (Å²) in [6.45, 7) is 0. The maximum atomic E-state index is 8.61. The van der Waals surface area contributed by atoms with E-state index < -0.39 is 14.5 Å². The van der Waals surface area contributed by atoms with Crippen LogP contribution in [0, 0.1) is 0 Å². The standard InChI is InChI=1S/AsH3O4.2Na/c2-1(3,4)5;;/h(H3,2,3,4,5);;/q;2*+1/p-3. The molecule has 0 aromatic carbocycles. The molecule has 0 atom stereocenters. The first kappa shape index (κ1) is 16.1. The quantitative estimate of drug-likeness (QED) is 0.350. The van der Waals surface area contributed by atoms with E-state index in [1.54, 1.807) is 0 Å². The number of hydrogen-bond acceptors (Lipinski definition) is 4. The smallest absolute Gasteiger partial charge is 1.00 e. The normalized spacial score (nSPS) is 8.43. The Labute approximate surface area is 88.2 Å². The van der Waals surface area contributed by atoms with Gasteiger partial charge in [0.25, 0.3) is 0 Å². The van der Waals surface area contributed by atoms with Gasteiger partial charge in [-0.05, 0) is 0 Å². The van der Waals surface area contributed by atoms with Gasteiger partial charge < -0.3 is 0 Å². The van der Waals surface area contributed by atoms with Gasteiger partial charge in [0.1, 0.15) is 0 Å². The van der Waals surface area contributed by atoms with Crippen molar-refractivity contribution in [3.8, 4) is 0 Å². The molecule has 0 aromatic heterocycles. The van der Waals surface area contributed by atoms with E-state index in [1.165, 1.54) is 0 Å². The van der Waals surface area contributed by atoms with Gasteiger partial charge in [-0.3, -0.25) is 0 Å². The fourth-order valence-electron chi connectivity index (χ4n) is 0. The molecule has 0 aliphatic carbocycles. The van der Waals surface area contributed by atoms with Crippen LogP contribution in [0.5, 0.6) is 0 Å². The van der Waals surface area contributed by atoms with Gasteiger partial charge in [-0.1, -0.05) is 0 Å². The van der Waals surface area contributed by atoms with Gasteiger partial charge in [0, 0.05) is 0 Å². The maximum absolute atomic E-state index is 8.61. The fourth-order valence-corrected chi connectivity index (χ4v) is 0. The van der Waals surface area contributed by atoms with Crippen LogP contribution in [0.3, 0.4) is 0 Å². The summed E-state index contributed by atoms with van der Waals surface area (Å²) in [6, 6.07) is 0. The average Bonchev–Trinajstić information content (AvgIpc) is 0.722. The van der Waals surface area contributed by atoms with Crippen molar-refractivity contribution in [3.05, 3.63) is 0 Å². The summed E-state index contributed by atoms with van der Waals surface area (Å²) in [5.41, 5.74) is 0. The first-order valence-corrected chi connectivity index (χ1v) is 3.79. The van der Waals surface area contributed by atoms with E-state index in [9.17, 15) is 0 Å². The Morgan fingerprint density at radius 3 is 1.00 bits per heavy atom. The van der Waals surface area contributed by atoms with Gasteiger partial charge in [0.15, 0.2) is 0 Å². The summed E-state index contributed by atoms with van der Waals surface area (Å²) in [4.78, 5) is 0. The van der Waals surface area contributed by atoms with Crippen molar-refractivity contribution < 1.29 is 75.1 Å². The molecule has 7 heavy (non-hydrogen) atoms. The molecule has 0 aromatic rings. The molecule has 32 valence electrons. The molecule has 0 saturated heterocycles. The summed E-state index contributed by atoms with van der Waals surface area (Å²) >= 11 is -5.88. The SMILES string of the molecule is O=[As]([O-])([O-])[O-].[Na+].[Na+]. The zero-order valence-corrected chi connectivity index (χ0v) is 9.96. The third kappa shape index (κ3) is 64.0. The van der Waals surface area contributed by atoms with Gasteiger partial charge in [-0.25, -0.2) is 0 Å². The van der Waals surface area contributed by atoms with E-state index in [0.717, 1.165) is 0 Å². The largest absolute Gasteiger partial charge is 1.00 e. The van der Waals surface area contributed by atoms with Gasteiger partial charge >= 0.3 is 89.7 Å². The molecule has 0 bridgehead atoms. The molecule has 0 unspecified atom stereocenters. The minimum absolute atomic E-state index is 0. The zero-order chi connectivity index (χ0) is 4.50. The van der Waals surface area contributed by atoms with Gasteiger partial charge in [-0.15, -0.1) is 0 Å². The summed E-state index contributed by atoms with van der Waals surface area (Å²) in [5.74, 6) is 0. The summed E-state index contributed by atoms with van der Waals surface area (Å²) in [7, 11) is 0. The predicted octanol–water partition coefficient (Wildman–Crippen LogP) is -10.1. The van der Waals surface area contributed by atoms with E-state index >= 15 is 0 Å². The van der Waals surface area contributed by atoms with Crippen molar-refractivity contribution in [2.45, 2.75) is 0 Å². The number of rotatable bonds is 0. The van der Waals surface area contributed by atoms with Crippen LogP contribution in [-0.2, 0) is 3.74 Å². The molecule has 0 aliphatic rings. The Kier molecular flexibility index (Phi) is 14.6. The molecule has 0 heterocycles. The summed E-state index contributed by atoms with van der Waals surface area (Å²) in [5, 5.41) is 0. The van der Waals surface area contributed by atoms with Crippen LogP contribution >= 0.6 is 0 Å². The minimum atomic E-state index is -5.88. The van der Waals surface area contributed by atoms with E-state index in [1.807, 2.05) is 0 Å². The van der Waals surface area contributed by atoms with E-state index in [2.05, 4.69) is 0 Å². The van der Waals surface area contributed by atoms with Crippen molar-refractivity contribution in [2.75, 3.05) is 0 Å².